The molecule has 0 saturated heterocycles. The molecule has 8 nitrogen and oxygen atoms in total. The Bertz CT molecular complexity index is 1090. The first-order chi connectivity index (χ1) is 15.2. The van der Waals surface area contributed by atoms with Gasteiger partial charge in [-0.2, -0.15) is 4.98 Å². The van der Waals surface area contributed by atoms with Crippen LogP contribution in [0.15, 0.2) is 60.8 Å². The van der Waals surface area contributed by atoms with E-state index in [1.165, 1.54) is 6.20 Å². The lowest BCUT2D eigenvalue weighted by Crippen LogP contribution is -2.27. The van der Waals surface area contributed by atoms with E-state index in [-0.39, 0.29) is 11.4 Å². The van der Waals surface area contributed by atoms with Crippen molar-refractivity contribution in [3.63, 3.8) is 0 Å². The number of hydrogen-bond donors (Lipinski definition) is 2. The van der Waals surface area contributed by atoms with Crippen LogP contribution in [-0.2, 0) is 11.2 Å². The molecule has 3 aromatic rings. The van der Waals surface area contributed by atoms with Gasteiger partial charge in [-0.3, -0.25) is 10.1 Å². The number of carbonyl (C=O) groups excluding carboxylic acids is 2. The molecular weight excluding hydrogens is 408 g/mol. The number of hydrogen-bond acceptors (Lipinski definition) is 6. The third kappa shape index (κ3) is 6.53. The summed E-state index contributed by atoms with van der Waals surface area (Å²) in [6.45, 7) is 7.27. The highest BCUT2D eigenvalue weighted by molar-refractivity contribution is 6.05. The Morgan fingerprint density at radius 1 is 0.969 bits per heavy atom. The summed E-state index contributed by atoms with van der Waals surface area (Å²) in [5.74, 6) is 0.670. The summed E-state index contributed by atoms with van der Waals surface area (Å²) in [5.41, 5.74) is 0.705. The van der Waals surface area contributed by atoms with Crippen LogP contribution in [0.4, 0.5) is 16.2 Å². The second kappa shape index (κ2) is 9.91. The predicted octanol–water partition coefficient (Wildman–Crippen LogP) is 5.43. The zero-order valence-electron chi connectivity index (χ0n) is 18.5. The van der Waals surface area contributed by atoms with E-state index in [4.69, 9.17) is 9.47 Å². The smallest absolute Gasteiger partial charge is 0.412 e. The van der Waals surface area contributed by atoms with Crippen molar-refractivity contribution in [1.29, 1.82) is 0 Å². The Balaban J connectivity index is 1.82. The maximum absolute atomic E-state index is 12.8. The number of ether oxygens (including phenoxy) is 2. The van der Waals surface area contributed by atoms with Crippen molar-refractivity contribution < 1.29 is 19.1 Å². The van der Waals surface area contributed by atoms with Gasteiger partial charge >= 0.3 is 6.09 Å². The fourth-order valence-electron chi connectivity index (χ4n) is 2.69. The van der Waals surface area contributed by atoms with Gasteiger partial charge in [0, 0.05) is 30.1 Å². The van der Waals surface area contributed by atoms with Gasteiger partial charge in [-0.25, -0.2) is 9.78 Å². The second-order valence-corrected chi connectivity index (χ2v) is 7.94. The van der Waals surface area contributed by atoms with E-state index in [0.717, 1.165) is 0 Å². The lowest BCUT2D eigenvalue weighted by Gasteiger charge is -2.19. The summed E-state index contributed by atoms with van der Waals surface area (Å²) < 4.78 is 11.2. The molecule has 0 bridgehead atoms. The van der Waals surface area contributed by atoms with E-state index >= 15 is 0 Å². The van der Waals surface area contributed by atoms with Crippen molar-refractivity contribution in [3.8, 4) is 11.6 Å². The topological polar surface area (TPSA) is 102 Å². The zero-order chi connectivity index (χ0) is 23.1. The van der Waals surface area contributed by atoms with E-state index in [1.807, 2.05) is 25.1 Å². The maximum atomic E-state index is 12.8. The minimum absolute atomic E-state index is 0.125. The van der Waals surface area contributed by atoms with Gasteiger partial charge in [0.15, 0.2) is 0 Å². The average Bonchev–Trinajstić information content (AvgIpc) is 2.73. The fourth-order valence-corrected chi connectivity index (χ4v) is 2.69. The van der Waals surface area contributed by atoms with Crippen LogP contribution in [-0.4, -0.2) is 27.6 Å². The number of nitrogens with one attached hydrogen (secondary N) is 2. The largest absolute Gasteiger partial charge is 0.444 e. The first-order valence-corrected chi connectivity index (χ1v) is 10.2. The Hall–Kier alpha value is -3.94. The molecule has 0 fully saturated rings. The van der Waals surface area contributed by atoms with Gasteiger partial charge in [0.2, 0.25) is 5.88 Å². The summed E-state index contributed by atoms with van der Waals surface area (Å²) in [6.07, 6.45) is 1.45. The van der Waals surface area contributed by atoms with E-state index in [0.29, 0.717) is 29.4 Å². The van der Waals surface area contributed by atoms with Gasteiger partial charge in [-0.05, 0) is 45.0 Å². The van der Waals surface area contributed by atoms with Gasteiger partial charge in [-0.15, -0.1) is 0 Å². The fraction of sp³-hybridized carbons (Fsp3) is 0.250. The molecule has 0 atom stereocenters. The Morgan fingerprint density at radius 3 is 2.38 bits per heavy atom. The van der Waals surface area contributed by atoms with Crippen LogP contribution < -0.4 is 15.4 Å². The number of carbonyl (C=O) groups is 2. The van der Waals surface area contributed by atoms with E-state index in [2.05, 4.69) is 20.6 Å². The average molecular weight is 434 g/mol. The van der Waals surface area contributed by atoms with Gasteiger partial charge in [0.25, 0.3) is 5.91 Å². The molecule has 1 heterocycles. The zero-order valence-corrected chi connectivity index (χ0v) is 18.5. The molecule has 166 valence electrons. The van der Waals surface area contributed by atoms with Crippen molar-refractivity contribution in [2.45, 2.75) is 39.7 Å². The van der Waals surface area contributed by atoms with Crippen molar-refractivity contribution >= 4 is 23.4 Å². The number of anilines is 2. The minimum Gasteiger partial charge on any atom is -0.444 e. The predicted molar refractivity (Wildman–Crippen MR) is 122 cm³/mol. The Kier molecular flexibility index (Phi) is 7.04. The van der Waals surface area contributed by atoms with Gasteiger partial charge in [-0.1, -0.05) is 31.2 Å². The highest BCUT2D eigenvalue weighted by atomic mass is 16.6. The van der Waals surface area contributed by atoms with Crippen LogP contribution in [0.3, 0.4) is 0 Å². The standard InChI is InChI=1S/C24H26N4O4/c1-5-20-25-15-19(21(29)26-16-10-7-6-8-11-16)22(28-20)31-18-13-9-12-17(14-18)27-23(30)32-24(2,3)4/h6-15H,5H2,1-4H3,(H,26,29)(H,27,30). The number of amides is 2. The molecule has 3 rings (SSSR count). The molecule has 2 amide bonds. The molecule has 0 aliphatic heterocycles. The highest BCUT2D eigenvalue weighted by Gasteiger charge is 2.18. The van der Waals surface area contributed by atoms with Crippen LogP contribution in [0.5, 0.6) is 11.6 Å². The first kappa shape index (κ1) is 22.7. The van der Waals surface area contributed by atoms with Crippen molar-refractivity contribution in [3.05, 3.63) is 72.2 Å². The number of para-hydroxylation sites is 1. The van der Waals surface area contributed by atoms with E-state index in [9.17, 15) is 9.59 Å². The van der Waals surface area contributed by atoms with Crippen LogP contribution in [0.1, 0.15) is 43.9 Å². The molecule has 0 aliphatic carbocycles. The van der Waals surface area contributed by atoms with Crippen molar-refractivity contribution in [2.24, 2.45) is 0 Å². The summed E-state index contributed by atoms with van der Waals surface area (Å²) >= 11 is 0. The third-order valence-electron chi connectivity index (χ3n) is 4.09. The lowest BCUT2D eigenvalue weighted by atomic mass is 10.2. The number of aromatic nitrogens is 2. The number of aryl methyl sites for hydroxylation is 1. The summed E-state index contributed by atoms with van der Waals surface area (Å²) in [6, 6.07) is 15.8. The number of benzene rings is 2. The van der Waals surface area contributed by atoms with Gasteiger partial charge in [0.05, 0.1) is 0 Å². The quantitative estimate of drug-likeness (QED) is 0.536. The van der Waals surface area contributed by atoms with Gasteiger partial charge in [0.1, 0.15) is 22.7 Å². The molecule has 1 aromatic heterocycles. The van der Waals surface area contributed by atoms with Crippen molar-refractivity contribution in [2.75, 3.05) is 10.6 Å². The SMILES string of the molecule is CCc1ncc(C(=O)Nc2ccccc2)c(Oc2cccc(NC(=O)OC(C)(C)C)c2)n1. The summed E-state index contributed by atoms with van der Waals surface area (Å²) in [5, 5.41) is 5.47. The molecule has 2 N–H and O–H groups in total. The minimum atomic E-state index is -0.614. The molecule has 8 heteroatoms. The van der Waals surface area contributed by atoms with Crippen LogP contribution in [0, 0.1) is 0 Å². The highest BCUT2D eigenvalue weighted by Crippen LogP contribution is 2.26. The van der Waals surface area contributed by atoms with E-state index in [1.54, 1.807) is 57.2 Å². The van der Waals surface area contributed by atoms with Crippen LogP contribution in [0.2, 0.25) is 0 Å². The molecule has 0 unspecified atom stereocenters. The van der Waals surface area contributed by atoms with E-state index < -0.39 is 17.6 Å². The monoisotopic (exact) mass is 434 g/mol. The normalized spacial score (nSPS) is 10.9. The Morgan fingerprint density at radius 2 is 1.69 bits per heavy atom. The molecule has 0 spiro atoms. The van der Waals surface area contributed by atoms with Crippen LogP contribution >= 0.6 is 0 Å². The summed E-state index contributed by atoms with van der Waals surface area (Å²) in [7, 11) is 0. The molecule has 0 radical (unpaired) electrons. The number of rotatable bonds is 6. The molecule has 32 heavy (non-hydrogen) atoms. The second-order valence-electron chi connectivity index (χ2n) is 7.94. The molecule has 0 aliphatic rings. The lowest BCUT2D eigenvalue weighted by molar-refractivity contribution is 0.0635. The van der Waals surface area contributed by atoms with Crippen molar-refractivity contribution in [1.82, 2.24) is 9.97 Å². The molecular formula is C24H26N4O4. The molecule has 0 saturated carbocycles. The summed E-state index contributed by atoms with van der Waals surface area (Å²) in [4.78, 5) is 33.5. The maximum Gasteiger partial charge on any atom is 0.412 e. The third-order valence-corrected chi connectivity index (χ3v) is 4.09. The number of nitrogens with zero attached hydrogens (tertiary/aromatic N) is 2. The van der Waals surface area contributed by atoms with Crippen LogP contribution in [0.25, 0.3) is 0 Å². The Labute approximate surface area is 187 Å². The first-order valence-electron chi connectivity index (χ1n) is 10.2. The molecule has 2 aromatic carbocycles. The van der Waals surface area contributed by atoms with Gasteiger partial charge < -0.3 is 14.8 Å².